The Hall–Kier alpha value is -1.63. The quantitative estimate of drug-likeness (QED) is 0.758. The third-order valence-electron chi connectivity index (χ3n) is 2.49. The van der Waals surface area contributed by atoms with Gasteiger partial charge in [-0.05, 0) is 30.4 Å². The monoisotopic (exact) mass is 303 g/mol. The molecule has 0 bridgehead atoms. The second kappa shape index (κ2) is 7.84. The van der Waals surface area contributed by atoms with E-state index in [0.717, 1.165) is 18.2 Å². The molecule has 7 heteroatoms. The van der Waals surface area contributed by atoms with Crippen LogP contribution in [0.4, 0.5) is 8.78 Å². The molecule has 1 rings (SSSR count). The molecule has 1 atom stereocenters. The summed E-state index contributed by atoms with van der Waals surface area (Å²) in [7, 11) is 0. The Bertz CT molecular complexity index is 497. The molecule has 1 unspecified atom stereocenters. The van der Waals surface area contributed by atoms with E-state index in [-0.39, 0.29) is 17.7 Å². The number of rotatable bonds is 7. The van der Waals surface area contributed by atoms with Crippen molar-refractivity contribution in [2.75, 3.05) is 5.75 Å². The van der Waals surface area contributed by atoms with E-state index in [0.29, 0.717) is 5.75 Å². The molecule has 0 aromatic heterocycles. The molecule has 0 radical (unpaired) electrons. The van der Waals surface area contributed by atoms with Gasteiger partial charge in [-0.1, -0.05) is 0 Å². The zero-order valence-electron chi connectivity index (χ0n) is 10.9. The van der Waals surface area contributed by atoms with E-state index in [4.69, 9.17) is 5.11 Å². The van der Waals surface area contributed by atoms with Crippen LogP contribution in [0.2, 0.25) is 0 Å². The van der Waals surface area contributed by atoms with Crippen molar-refractivity contribution in [2.24, 2.45) is 0 Å². The Balaban J connectivity index is 2.42. The van der Waals surface area contributed by atoms with Crippen LogP contribution in [0.3, 0.4) is 0 Å². The van der Waals surface area contributed by atoms with E-state index < -0.39 is 29.6 Å². The van der Waals surface area contributed by atoms with Gasteiger partial charge in [0.1, 0.15) is 17.7 Å². The summed E-state index contributed by atoms with van der Waals surface area (Å²) in [6.45, 7) is 1.24. The number of halogens is 2. The minimum Gasteiger partial charge on any atom is -0.480 e. The van der Waals surface area contributed by atoms with E-state index in [1.807, 2.05) is 0 Å². The molecule has 0 spiro atoms. The molecule has 2 N–H and O–H groups in total. The van der Waals surface area contributed by atoms with E-state index in [1.54, 1.807) is 0 Å². The number of carboxylic acids is 1. The summed E-state index contributed by atoms with van der Waals surface area (Å²) in [5.41, 5.74) is 0.237. The number of thioether (sulfide) groups is 1. The Labute approximate surface area is 119 Å². The van der Waals surface area contributed by atoms with Gasteiger partial charge in [0.15, 0.2) is 0 Å². The molecule has 0 aliphatic heterocycles. The van der Waals surface area contributed by atoms with Crippen molar-refractivity contribution in [3.8, 4) is 0 Å². The summed E-state index contributed by atoms with van der Waals surface area (Å²) in [6.07, 6.45) is 0.219. The van der Waals surface area contributed by atoms with E-state index in [1.165, 1.54) is 18.7 Å². The molecule has 4 nitrogen and oxygen atoms in total. The summed E-state index contributed by atoms with van der Waals surface area (Å²) >= 11 is 1.28. The van der Waals surface area contributed by atoms with Crippen molar-refractivity contribution in [3.63, 3.8) is 0 Å². The smallest absolute Gasteiger partial charge is 0.326 e. The molecule has 0 aliphatic carbocycles. The molecular weight excluding hydrogens is 288 g/mol. The van der Waals surface area contributed by atoms with Gasteiger partial charge in [-0.25, -0.2) is 13.6 Å². The predicted octanol–water partition coefficient (Wildman–Crippen LogP) is 2.18. The Morgan fingerprint density at radius 2 is 2.10 bits per heavy atom. The fourth-order valence-electron chi connectivity index (χ4n) is 1.54. The molecular formula is C13H15F2NO3S. The van der Waals surface area contributed by atoms with Crippen LogP contribution >= 0.6 is 11.8 Å². The van der Waals surface area contributed by atoms with Crippen LogP contribution in [0.25, 0.3) is 0 Å². The molecule has 1 amide bonds. The number of aliphatic carboxylic acids is 1. The standard InChI is InChI=1S/C13H15F2NO3S/c1-8(17)16-12(13(18)19)4-5-20-7-9-6-10(14)2-3-11(9)15/h2-3,6,12H,4-5,7H2,1H3,(H,16,17)(H,18,19). The van der Waals surface area contributed by atoms with E-state index >= 15 is 0 Å². The van der Waals surface area contributed by atoms with Crippen molar-refractivity contribution in [1.82, 2.24) is 5.32 Å². The first-order valence-electron chi connectivity index (χ1n) is 5.91. The van der Waals surface area contributed by atoms with Crippen molar-refractivity contribution in [2.45, 2.75) is 25.1 Å². The summed E-state index contributed by atoms with van der Waals surface area (Å²) in [6, 6.07) is 2.26. The summed E-state index contributed by atoms with van der Waals surface area (Å²) < 4.78 is 26.3. The number of carbonyl (C=O) groups is 2. The maximum absolute atomic E-state index is 13.3. The van der Waals surface area contributed by atoms with Gasteiger partial charge >= 0.3 is 5.97 Å². The Kier molecular flexibility index (Phi) is 6.44. The van der Waals surface area contributed by atoms with E-state index in [9.17, 15) is 18.4 Å². The lowest BCUT2D eigenvalue weighted by Crippen LogP contribution is -2.39. The normalized spacial score (nSPS) is 11.9. The van der Waals surface area contributed by atoms with Crippen molar-refractivity contribution in [1.29, 1.82) is 0 Å². The molecule has 0 heterocycles. The largest absolute Gasteiger partial charge is 0.480 e. The average Bonchev–Trinajstić information content (AvgIpc) is 2.36. The fraction of sp³-hybridized carbons (Fsp3) is 0.385. The Morgan fingerprint density at radius 3 is 2.70 bits per heavy atom. The maximum atomic E-state index is 13.3. The number of carbonyl (C=O) groups excluding carboxylic acids is 1. The third kappa shape index (κ3) is 5.56. The van der Waals surface area contributed by atoms with Crippen LogP contribution in [0.1, 0.15) is 18.9 Å². The first kappa shape index (κ1) is 16.4. The lowest BCUT2D eigenvalue weighted by Gasteiger charge is -2.12. The highest BCUT2D eigenvalue weighted by atomic mass is 32.2. The molecule has 0 saturated carbocycles. The van der Waals surface area contributed by atoms with Gasteiger partial charge in [0.25, 0.3) is 0 Å². The minimum atomic E-state index is -1.11. The number of carboxylic acid groups (broad SMARTS) is 1. The lowest BCUT2D eigenvalue weighted by molar-refractivity contribution is -0.141. The predicted molar refractivity (Wildman–Crippen MR) is 72.4 cm³/mol. The molecule has 1 aromatic carbocycles. The van der Waals surface area contributed by atoms with Crippen LogP contribution in [-0.2, 0) is 15.3 Å². The third-order valence-corrected chi connectivity index (χ3v) is 3.53. The van der Waals surface area contributed by atoms with Gasteiger partial charge in [-0.3, -0.25) is 4.79 Å². The van der Waals surface area contributed by atoms with Crippen LogP contribution in [0, 0.1) is 11.6 Å². The molecule has 1 aromatic rings. The van der Waals surface area contributed by atoms with Crippen LogP contribution < -0.4 is 5.32 Å². The number of nitrogens with one attached hydrogen (secondary N) is 1. The van der Waals surface area contributed by atoms with Crippen molar-refractivity contribution >= 4 is 23.6 Å². The number of hydrogen-bond donors (Lipinski definition) is 2. The van der Waals surface area contributed by atoms with Gasteiger partial charge in [0.2, 0.25) is 5.91 Å². The first-order chi connectivity index (χ1) is 9.40. The summed E-state index contributed by atoms with van der Waals surface area (Å²) in [4.78, 5) is 21.7. The lowest BCUT2D eigenvalue weighted by atomic mass is 10.2. The van der Waals surface area contributed by atoms with Gasteiger partial charge < -0.3 is 10.4 Å². The van der Waals surface area contributed by atoms with Crippen molar-refractivity contribution < 1.29 is 23.5 Å². The number of hydrogen-bond acceptors (Lipinski definition) is 3. The van der Waals surface area contributed by atoms with E-state index in [2.05, 4.69) is 5.32 Å². The molecule has 0 fully saturated rings. The highest BCUT2D eigenvalue weighted by molar-refractivity contribution is 7.98. The zero-order chi connectivity index (χ0) is 15.1. The Morgan fingerprint density at radius 1 is 1.40 bits per heavy atom. The van der Waals surface area contributed by atoms with Gasteiger partial charge in [0.05, 0.1) is 0 Å². The molecule has 110 valence electrons. The second-order valence-electron chi connectivity index (χ2n) is 4.17. The van der Waals surface area contributed by atoms with Gasteiger partial charge in [0, 0.05) is 18.2 Å². The summed E-state index contributed by atoms with van der Waals surface area (Å²) in [5, 5.41) is 11.2. The number of amides is 1. The molecule has 0 aliphatic rings. The molecule has 0 saturated heterocycles. The first-order valence-corrected chi connectivity index (χ1v) is 7.07. The van der Waals surface area contributed by atoms with Crippen LogP contribution in [-0.4, -0.2) is 28.8 Å². The number of benzene rings is 1. The van der Waals surface area contributed by atoms with Crippen LogP contribution in [0.15, 0.2) is 18.2 Å². The van der Waals surface area contributed by atoms with Crippen molar-refractivity contribution in [3.05, 3.63) is 35.4 Å². The molecule has 20 heavy (non-hydrogen) atoms. The van der Waals surface area contributed by atoms with Crippen LogP contribution in [0.5, 0.6) is 0 Å². The van der Waals surface area contributed by atoms with Gasteiger partial charge in [-0.2, -0.15) is 11.8 Å². The zero-order valence-corrected chi connectivity index (χ0v) is 11.7. The van der Waals surface area contributed by atoms with Gasteiger partial charge in [-0.15, -0.1) is 0 Å². The summed E-state index contributed by atoms with van der Waals surface area (Å²) in [5.74, 6) is -1.88. The maximum Gasteiger partial charge on any atom is 0.326 e. The highest BCUT2D eigenvalue weighted by Gasteiger charge is 2.17. The fourth-order valence-corrected chi connectivity index (χ4v) is 2.53. The second-order valence-corrected chi connectivity index (χ2v) is 5.27. The SMILES string of the molecule is CC(=O)NC(CCSCc1cc(F)ccc1F)C(=O)O. The highest BCUT2D eigenvalue weighted by Crippen LogP contribution is 2.18. The average molecular weight is 303 g/mol. The topological polar surface area (TPSA) is 66.4 Å². The minimum absolute atomic E-state index is 0.219.